The van der Waals surface area contributed by atoms with E-state index in [0.717, 1.165) is 43.5 Å². The standard InChI is InChI=1S/C14H19BrN2O/c15-13-5-3-12(4-6-13)11-16-8-7-14(18)17-9-1-2-10-17/h3-6,16H,1-2,7-11H2. The average Bonchev–Trinajstić information content (AvgIpc) is 2.90. The molecule has 1 amide bonds. The molecule has 2 rings (SSSR count). The normalized spacial score (nSPS) is 15.1. The van der Waals surface area contributed by atoms with Gasteiger partial charge in [-0.25, -0.2) is 0 Å². The molecule has 0 aliphatic carbocycles. The van der Waals surface area contributed by atoms with E-state index in [1.165, 1.54) is 5.56 Å². The molecular weight excluding hydrogens is 292 g/mol. The molecule has 1 aromatic carbocycles. The van der Waals surface area contributed by atoms with Crippen LogP contribution in [0.25, 0.3) is 0 Å². The molecule has 0 unspecified atom stereocenters. The summed E-state index contributed by atoms with van der Waals surface area (Å²) in [7, 11) is 0. The van der Waals surface area contributed by atoms with Gasteiger partial charge in [-0.1, -0.05) is 28.1 Å². The molecule has 0 spiro atoms. The van der Waals surface area contributed by atoms with Gasteiger partial charge in [-0.2, -0.15) is 0 Å². The lowest BCUT2D eigenvalue weighted by atomic mass is 10.2. The van der Waals surface area contributed by atoms with E-state index in [2.05, 4.69) is 33.4 Å². The second-order valence-corrected chi connectivity index (χ2v) is 5.56. The van der Waals surface area contributed by atoms with Crippen LogP contribution < -0.4 is 5.32 Å². The first kappa shape index (κ1) is 13.6. The summed E-state index contributed by atoms with van der Waals surface area (Å²) < 4.78 is 1.09. The fourth-order valence-corrected chi connectivity index (χ4v) is 2.42. The third-order valence-corrected chi connectivity index (χ3v) is 3.75. The van der Waals surface area contributed by atoms with Gasteiger partial charge in [-0.3, -0.25) is 4.79 Å². The number of nitrogens with one attached hydrogen (secondary N) is 1. The Bertz CT molecular complexity index is 385. The van der Waals surface area contributed by atoms with E-state index in [0.29, 0.717) is 6.42 Å². The Morgan fingerprint density at radius 2 is 1.89 bits per heavy atom. The molecule has 3 nitrogen and oxygen atoms in total. The summed E-state index contributed by atoms with van der Waals surface area (Å²) in [5.41, 5.74) is 1.24. The van der Waals surface area contributed by atoms with Gasteiger partial charge < -0.3 is 10.2 Å². The van der Waals surface area contributed by atoms with Gasteiger partial charge in [-0.15, -0.1) is 0 Å². The highest BCUT2D eigenvalue weighted by molar-refractivity contribution is 9.10. The Labute approximate surface area is 117 Å². The lowest BCUT2D eigenvalue weighted by molar-refractivity contribution is -0.130. The molecule has 0 atom stereocenters. The zero-order valence-corrected chi connectivity index (χ0v) is 12.1. The largest absolute Gasteiger partial charge is 0.343 e. The van der Waals surface area contributed by atoms with E-state index >= 15 is 0 Å². The maximum absolute atomic E-state index is 11.8. The predicted octanol–water partition coefficient (Wildman–Crippen LogP) is 2.55. The zero-order chi connectivity index (χ0) is 12.8. The van der Waals surface area contributed by atoms with Gasteiger partial charge in [-0.05, 0) is 30.5 Å². The maximum atomic E-state index is 11.8. The quantitative estimate of drug-likeness (QED) is 0.848. The van der Waals surface area contributed by atoms with Crippen LogP contribution in [0.3, 0.4) is 0 Å². The van der Waals surface area contributed by atoms with Crippen LogP contribution in [0.2, 0.25) is 0 Å². The molecule has 1 saturated heterocycles. The minimum Gasteiger partial charge on any atom is -0.343 e. The van der Waals surface area contributed by atoms with E-state index in [9.17, 15) is 4.79 Å². The van der Waals surface area contributed by atoms with Crippen LogP contribution in [0, 0.1) is 0 Å². The van der Waals surface area contributed by atoms with Crippen molar-refractivity contribution in [2.45, 2.75) is 25.8 Å². The fraction of sp³-hybridized carbons (Fsp3) is 0.500. The topological polar surface area (TPSA) is 32.3 Å². The molecule has 0 saturated carbocycles. The van der Waals surface area contributed by atoms with Crippen LogP contribution in [0.5, 0.6) is 0 Å². The zero-order valence-electron chi connectivity index (χ0n) is 10.5. The van der Waals surface area contributed by atoms with E-state index in [1.54, 1.807) is 0 Å². The second-order valence-electron chi connectivity index (χ2n) is 4.64. The SMILES string of the molecule is O=C(CCNCc1ccc(Br)cc1)N1CCCC1. The van der Waals surface area contributed by atoms with Crippen molar-refractivity contribution in [3.63, 3.8) is 0 Å². The highest BCUT2D eigenvalue weighted by Crippen LogP contribution is 2.10. The van der Waals surface area contributed by atoms with E-state index in [4.69, 9.17) is 0 Å². The van der Waals surface area contributed by atoms with Gasteiger partial charge in [0.1, 0.15) is 0 Å². The van der Waals surface area contributed by atoms with E-state index in [-0.39, 0.29) is 5.91 Å². The molecule has 1 N–H and O–H groups in total. The molecule has 18 heavy (non-hydrogen) atoms. The third-order valence-electron chi connectivity index (χ3n) is 3.22. The lowest BCUT2D eigenvalue weighted by Crippen LogP contribution is -2.30. The molecule has 0 aromatic heterocycles. The van der Waals surface area contributed by atoms with Crippen molar-refractivity contribution in [3.8, 4) is 0 Å². The number of carbonyl (C=O) groups is 1. The summed E-state index contributed by atoms with van der Waals surface area (Å²) >= 11 is 3.41. The van der Waals surface area contributed by atoms with Gasteiger partial charge in [0.05, 0.1) is 0 Å². The molecule has 1 aromatic rings. The molecule has 1 aliphatic rings. The number of halogens is 1. The van der Waals surface area contributed by atoms with E-state index in [1.807, 2.05) is 17.0 Å². The van der Waals surface area contributed by atoms with Crippen molar-refractivity contribution in [1.29, 1.82) is 0 Å². The first-order valence-electron chi connectivity index (χ1n) is 6.48. The molecular formula is C14H19BrN2O. The summed E-state index contributed by atoms with van der Waals surface area (Å²) in [6, 6.07) is 8.23. The van der Waals surface area contributed by atoms with Crippen molar-refractivity contribution < 1.29 is 4.79 Å². The Morgan fingerprint density at radius 3 is 2.56 bits per heavy atom. The number of amides is 1. The van der Waals surface area contributed by atoms with E-state index < -0.39 is 0 Å². The molecule has 0 bridgehead atoms. The Balaban J connectivity index is 1.63. The van der Waals surface area contributed by atoms with Gasteiger partial charge in [0.25, 0.3) is 0 Å². The monoisotopic (exact) mass is 310 g/mol. The smallest absolute Gasteiger partial charge is 0.223 e. The molecule has 4 heteroatoms. The van der Waals surface area contributed by atoms with Crippen LogP contribution in [0.1, 0.15) is 24.8 Å². The van der Waals surface area contributed by atoms with Gasteiger partial charge in [0.15, 0.2) is 0 Å². The number of nitrogens with zero attached hydrogens (tertiary/aromatic N) is 1. The number of carbonyl (C=O) groups excluding carboxylic acids is 1. The average molecular weight is 311 g/mol. The van der Waals surface area contributed by atoms with Gasteiger partial charge in [0.2, 0.25) is 5.91 Å². The summed E-state index contributed by atoms with van der Waals surface area (Å²) in [5.74, 6) is 0.288. The van der Waals surface area contributed by atoms with Crippen molar-refractivity contribution in [3.05, 3.63) is 34.3 Å². The molecule has 98 valence electrons. The Morgan fingerprint density at radius 1 is 1.22 bits per heavy atom. The van der Waals surface area contributed by atoms with Crippen LogP contribution in [0.15, 0.2) is 28.7 Å². The summed E-state index contributed by atoms with van der Waals surface area (Å²) in [6.45, 7) is 3.48. The summed E-state index contributed by atoms with van der Waals surface area (Å²) in [4.78, 5) is 13.8. The first-order chi connectivity index (χ1) is 8.75. The Hall–Kier alpha value is -0.870. The Kier molecular flexibility index (Phi) is 5.20. The van der Waals surface area contributed by atoms with Crippen molar-refractivity contribution in [1.82, 2.24) is 10.2 Å². The highest BCUT2D eigenvalue weighted by atomic mass is 79.9. The summed E-state index contributed by atoms with van der Waals surface area (Å²) in [5, 5.41) is 3.31. The van der Waals surface area contributed by atoms with Crippen molar-refractivity contribution in [2.24, 2.45) is 0 Å². The summed E-state index contributed by atoms with van der Waals surface area (Å²) in [6.07, 6.45) is 2.94. The third kappa shape index (κ3) is 4.10. The lowest BCUT2D eigenvalue weighted by Gasteiger charge is -2.15. The van der Waals surface area contributed by atoms with Crippen LogP contribution in [-0.4, -0.2) is 30.4 Å². The molecule has 0 radical (unpaired) electrons. The van der Waals surface area contributed by atoms with Crippen LogP contribution >= 0.6 is 15.9 Å². The van der Waals surface area contributed by atoms with Crippen LogP contribution in [-0.2, 0) is 11.3 Å². The molecule has 1 fully saturated rings. The molecule has 1 heterocycles. The minimum atomic E-state index is 0.288. The van der Waals surface area contributed by atoms with Gasteiger partial charge in [0, 0.05) is 37.1 Å². The predicted molar refractivity (Wildman–Crippen MR) is 76.3 cm³/mol. The molecule has 1 aliphatic heterocycles. The second kappa shape index (κ2) is 6.90. The minimum absolute atomic E-state index is 0.288. The first-order valence-corrected chi connectivity index (χ1v) is 7.28. The maximum Gasteiger partial charge on any atom is 0.223 e. The number of hydrogen-bond acceptors (Lipinski definition) is 2. The number of rotatable bonds is 5. The van der Waals surface area contributed by atoms with Crippen molar-refractivity contribution >= 4 is 21.8 Å². The fourth-order valence-electron chi connectivity index (χ4n) is 2.15. The van der Waals surface area contributed by atoms with Gasteiger partial charge >= 0.3 is 0 Å². The van der Waals surface area contributed by atoms with Crippen molar-refractivity contribution in [2.75, 3.05) is 19.6 Å². The van der Waals surface area contributed by atoms with Crippen LogP contribution in [0.4, 0.5) is 0 Å². The highest BCUT2D eigenvalue weighted by Gasteiger charge is 2.16. The number of benzene rings is 1. The number of likely N-dealkylation sites (tertiary alicyclic amines) is 1. The number of hydrogen-bond donors (Lipinski definition) is 1.